The number of aryl methyl sites for hydroxylation is 2. The van der Waals surface area contributed by atoms with Gasteiger partial charge in [0.05, 0.1) is 6.54 Å². The molecule has 68 valence electrons. The zero-order chi connectivity index (χ0) is 9.26. The summed E-state index contributed by atoms with van der Waals surface area (Å²) in [6, 6.07) is 4.22. The average Bonchev–Trinajstić information content (AvgIpc) is 2.28. The molecule has 13 heavy (non-hydrogen) atoms. The molecular formula is C11H13NO. The maximum atomic E-state index is 5.59. The highest BCUT2D eigenvalue weighted by atomic mass is 16.5. The van der Waals surface area contributed by atoms with Crippen molar-refractivity contribution in [2.24, 2.45) is 4.99 Å². The topological polar surface area (TPSA) is 21.6 Å². The Kier molecular flexibility index (Phi) is 2.05. The average molecular weight is 175 g/mol. The molecule has 1 heterocycles. The second-order valence-corrected chi connectivity index (χ2v) is 3.38. The van der Waals surface area contributed by atoms with Crippen LogP contribution in [0.25, 0.3) is 0 Å². The van der Waals surface area contributed by atoms with Crippen molar-refractivity contribution in [3.8, 4) is 5.75 Å². The van der Waals surface area contributed by atoms with Crippen LogP contribution in [0.4, 0.5) is 0 Å². The van der Waals surface area contributed by atoms with E-state index in [1.165, 1.54) is 11.1 Å². The summed E-state index contributed by atoms with van der Waals surface area (Å²) in [7, 11) is 0. The van der Waals surface area contributed by atoms with E-state index in [0.29, 0.717) is 6.61 Å². The third-order valence-corrected chi connectivity index (χ3v) is 2.19. The van der Waals surface area contributed by atoms with Gasteiger partial charge in [0.2, 0.25) is 0 Å². The van der Waals surface area contributed by atoms with Crippen LogP contribution in [-0.2, 0) is 0 Å². The lowest BCUT2D eigenvalue weighted by Gasteiger charge is -2.08. The van der Waals surface area contributed by atoms with E-state index in [4.69, 9.17) is 4.74 Å². The van der Waals surface area contributed by atoms with Gasteiger partial charge in [0.1, 0.15) is 12.4 Å². The monoisotopic (exact) mass is 175 g/mol. The molecule has 1 aliphatic rings. The Hall–Kier alpha value is -1.31. The normalized spacial score (nSPS) is 14.6. The molecule has 2 heteroatoms. The zero-order valence-electron chi connectivity index (χ0n) is 8.00. The van der Waals surface area contributed by atoms with Crippen LogP contribution in [0.1, 0.15) is 16.7 Å². The molecule has 0 saturated heterocycles. The van der Waals surface area contributed by atoms with E-state index in [2.05, 4.69) is 31.0 Å². The molecule has 0 aromatic heterocycles. The van der Waals surface area contributed by atoms with E-state index in [9.17, 15) is 0 Å². The van der Waals surface area contributed by atoms with E-state index < -0.39 is 0 Å². The van der Waals surface area contributed by atoms with Gasteiger partial charge in [-0.25, -0.2) is 0 Å². The minimum atomic E-state index is 0.687. The maximum Gasteiger partial charge on any atom is 0.128 e. The van der Waals surface area contributed by atoms with Crippen LogP contribution >= 0.6 is 0 Å². The summed E-state index contributed by atoms with van der Waals surface area (Å²) >= 11 is 0. The molecule has 0 atom stereocenters. The van der Waals surface area contributed by atoms with Crippen LogP contribution < -0.4 is 4.74 Å². The van der Waals surface area contributed by atoms with Gasteiger partial charge in [-0.15, -0.1) is 0 Å². The number of fused-ring (bicyclic) bond motifs is 1. The van der Waals surface area contributed by atoms with Crippen molar-refractivity contribution in [3.63, 3.8) is 0 Å². The first kappa shape index (κ1) is 8.30. The molecule has 0 unspecified atom stereocenters. The summed E-state index contributed by atoms with van der Waals surface area (Å²) in [5.74, 6) is 0.971. The molecule has 2 rings (SSSR count). The van der Waals surface area contributed by atoms with Crippen molar-refractivity contribution in [3.05, 3.63) is 28.8 Å². The molecule has 1 aliphatic heterocycles. The van der Waals surface area contributed by atoms with Gasteiger partial charge in [-0.05, 0) is 31.0 Å². The largest absolute Gasteiger partial charge is 0.491 e. The molecule has 1 aromatic rings. The molecule has 0 N–H and O–H groups in total. The van der Waals surface area contributed by atoms with Crippen molar-refractivity contribution in [1.29, 1.82) is 0 Å². The molecule has 2 nitrogen and oxygen atoms in total. The quantitative estimate of drug-likeness (QED) is 0.591. The van der Waals surface area contributed by atoms with Gasteiger partial charge in [-0.1, -0.05) is 6.07 Å². The van der Waals surface area contributed by atoms with Crippen molar-refractivity contribution in [2.45, 2.75) is 13.8 Å². The van der Waals surface area contributed by atoms with E-state index in [0.717, 1.165) is 17.9 Å². The van der Waals surface area contributed by atoms with E-state index in [1.54, 1.807) is 0 Å². The van der Waals surface area contributed by atoms with Crippen molar-refractivity contribution in [1.82, 2.24) is 0 Å². The molecular weight excluding hydrogens is 162 g/mol. The summed E-state index contributed by atoms with van der Waals surface area (Å²) in [6.07, 6.45) is 1.91. The number of hydrogen-bond donors (Lipinski definition) is 0. The first-order chi connectivity index (χ1) is 6.27. The fourth-order valence-corrected chi connectivity index (χ4v) is 1.59. The van der Waals surface area contributed by atoms with E-state index in [-0.39, 0.29) is 0 Å². The van der Waals surface area contributed by atoms with Crippen molar-refractivity contribution >= 4 is 6.21 Å². The summed E-state index contributed by atoms with van der Waals surface area (Å²) in [5, 5.41) is 0. The Morgan fingerprint density at radius 1 is 1.31 bits per heavy atom. The smallest absolute Gasteiger partial charge is 0.128 e. The minimum Gasteiger partial charge on any atom is -0.491 e. The van der Waals surface area contributed by atoms with Crippen molar-refractivity contribution < 1.29 is 4.74 Å². The summed E-state index contributed by atoms with van der Waals surface area (Å²) in [6.45, 7) is 5.62. The molecule has 0 spiro atoms. The predicted molar refractivity (Wildman–Crippen MR) is 53.9 cm³/mol. The lowest BCUT2D eigenvalue weighted by molar-refractivity contribution is 0.331. The number of benzene rings is 1. The SMILES string of the molecule is Cc1cc(C)c2c(c1)OCCN=C2. The van der Waals surface area contributed by atoms with Gasteiger partial charge in [0, 0.05) is 11.8 Å². The number of hydrogen-bond acceptors (Lipinski definition) is 2. The number of aliphatic imine (C=N–C) groups is 1. The second-order valence-electron chi connectivity index (χ2n) is 3.38. The first-order valence-electron chi connectivity index (χ1n) is 4.51. The Balaban J connectivity index is 2.57. The molecule has 0 aliphatic carbocycles. The molecule has 0 bridgehead atoms. The number of nitrogens with zero attached hydrogens (tertiary/aromatic N) is 1. The number of rotatable bonds is 0. The maximum absolute atomic E-state index is 5.59. The minimum absolute atomic E-state index is 0.687. The number of ether oxygens (including phenoxy) is 1. The van der Waals surface area contributed by atoms with Gasteiger partial charge in [-0.2, -0.15) is 0 Å². The Morgan fingerprint density at radius 2 is 2.15 bits per heavy atom. The van der Waals surface area contributed by atoms with Crippen molar-refractivity contribution in [2.75, 3.05) is 13.2 Å². The van der Waals surface area contributed by atoms with Gasteiger partial charge in [-0.3, -0.25) is 4.99 Å². The molecule has 1 aromatic carbocycles. The van der Waals surface area contributed by atoms with Crippen LogP contribution in [0.3, 0.4) is 0 Å². The predicted octanol–water partition coefficient (Wildman–Crippen LogP) is 2.11. The molecule has 0 fully saturated rings. The first-order valence-corrected chi connectivity index (χ1v) is 4.51. The summed E-state index contributed by atoms with van der Waals surface area (Å²) < 4.78 is 5.59. The fraction of sp³-hybridized carbons (Fsp3) is 0.364. The van der Waals surface area contributed by atoms with Gasteiger partial charge in [0.15, 0.2) is 0 Å². The highest BCUT2D eigenvalue weighted by Gasteiger charge is 2.08. The highest BCUT2D eigenvalue weighted by Crippen LogP contribution is 2.23. The van der Waals surface area contributed by atoms with Gasteiger partial charge in [0.25, 0.3) is 0 Å². The summed E-state index contributed by atoms with van der Waals surface area (Å²) in [5.41, 5.74) is 3.61. The Labute approximate surface area is 78.3 Å². The van der Waals surface area contributed by atoms with E-state index >= 15 is 0 Å². The third kappa shape index (κ3) is 1.57. The molecule has 0 radical (unpaired) electrons. The Bertz CT molecular complexity index is 355. The van der Waals surface area contributed by atoms with Crippen LogP contribution in [0.15, 0.2) is 17.1 Å². The molecule has 0 amide bonds. The zero-order valence-corrected chi connectivity index (χ0v) is 8.00. The van der Waals surface area contributed by atoms with Crippen LogP contribution in [0, 0.1) is 13.8 Å². The van der Waals surface area contributed by atoms with Gasteiger partial charge < -0.3 is 4.74 Å². The highest BCUT2D eigenvalue weighted by molar-refractivity contribution is 5.86. The summed E-state index contributed by atoms with van der Waals surface area (Å²) in [4.78, 5) is 4.25. The second kappa shape index (κ2) is 3.21. The fourth-order valence-electron chi connectivity index (χ4n) is 1.59. The van der Waals surface area contributed by atoms with E-state index in [1.807, 2.05) is 6.21 Å². The lowest BCUT2D eigenvalue weighted by atomic mass is 10.1. The third-order valence-electron chi connectivity index (χ3n) is 2.19. The Morgan fingerprint density at radius 3 is 3.00 bits per heavy atom. The van der Waals surface area contributed by atoms with Crippen LogP contribution in [0.2, 0.25) is 0 Å². The van der Waals surface area contributed by atoms with Crippen LogP contribution in [0.5, 0.6) is 5.75 Å². The van der Waals surface area contributed by atoms with Crippen LogP contribution in [-0.4, -0.2) is 19.4 Å². The van der Waals surface area contributed by atoms with Gasteiger partial charge >= 0.3 is 0 Å². The lowest BCUT2D eigenvalue weighted by Crippen LogP contribution is -2.00. The molecule has 0 saturated carbocycles. The standard InChI is InChI=1S/C11H13NO/c1-8-5-9(2)10-7-12-3-4-13-11(10)6-8/h5-7H,3-4H2,1-2H3.